The van der Waals surface area contributed by atoms with Crippen LogP contribution in [0.4, 0.5) is 17.6 Å². The van der Waals surface area contributed by atoms with Crippen molar-refractivity contribution in [2.45, 2.75) is 77.2 Å². The standard InChI is InChI=1S/C25H36F4N4O6S/c1-24(2,3)19(32-23(37)25(27,28)29)22(36)33-12-14-6-5-7-16(14)18(33)21(35)31-15(11-17(26)40(4,38)39)10-13-8-9-30-20(13)34/h11,13-16,18-19H,5-10,12H2,1-4H3,(H,30,34)(H,31,35)(H,32,37)/b17-11+/t13-,14-,15+,16-,18+,19-/m1/s1. The highest BCUT2D eigenvalue weighted by atomic mass is 32.2. The van der Waals surface area contributed by atoms with E-state index in [0.29, 0.717) is 38.1 Å². The summed E-state index contributed by atoms with van der Waals surface area (Å²) in [5.41, 5.74) is -1.14. The van der Waals surface area contributed by atoms with Crippen LogP contribution in [0.3, 0.4) is 0 Å². The molecule has 0 aromatic rings. The van der Waals surface area contributed by atoms with Gasteiger partial charge in [-0.05, 0) is 49.0 Å². The quantitative estimate of drug-likeness (QED) is 0.364. The molecule has 0 spiro atoms. The number of alkyl halides is 3. The number of rotatable bonds is 8. The summed E-state index contributed by atoms with van der Waals surface area (Å²) in [6, 6.07) is -3.95. The summed E-state index contributed by atoms with van der Waals surface area (Å²) >= 11 is 0. The Balaban J connectivity index is 1.91. The maximum atomic E-state index is 14.5. The van der Waals surface area contributed by atoms with Gasteiger partial charge in [0.2, 0.25) is 32.7 Å². The second-order valence-electron chi connectivity index (χ2n) is 11.9. The van der Waals surface area contributed by atoms with Crippen LogP contribution in [-0.2, 0) is 29.0 Å². The highest BCUT2D eigenvalue weighted by molar-refractivity contribution is 7.94. The average molecular weight is 597 g/mol. The van der Waals surface area contributed by atoms with E-state index in [0.717, 1.165) is 6.42 Å². The zero-order chi connectivity index (χ0) is 30.2. The van der Waals surface area contributed by atoms with E-state index in [9.17, 15) is 45.2 Å². The third kappa shape index (κ3) is 7.32. The van der Waals surface area contributed by atoms with Crippen LogP contribution in [-0.4, -0.2) is 80.6 Å². The van der Waals surface area contributed by atoms with Crippen LogP contribution < -0.4 is 16.0 Å². The molecule has 6 atom stereocenters. The number of nitrogens with one attached hydrogen (secondary N) is 3. The third-order valence-corrected chi connectivity index (χ3v) is 8.65. The van der Waals surface area contributed by atoms with E-state index in [1.165, 1.54) is 25.7 Å². The minimum absolute atomic E-state index is 0.0826. The van der Waals surface area contributed by atoms with Crippen LogP contribution >= 0.6 is 0 Å². The number of amides is 4. The number of nitrogens with zero attached hydrogens (tertiary/aromatic N) is 1. The Labute approximate surface area is 230 Å². The van der Waals surface area contributed by atoms with Gasteiger partial charge in [-0.2, -0.15) is 17.6 Å². The summed E-state index contributed by atoms with van der Waals surface area (Å²) in [7, 11) is -4.24. The summed E-state index contributed by atoms with van der Waals surface area (Å²) in [6.07, 6.45) is -1.55. The fourth-order valence-electron chi connectivity index (χ4n) is 5.79. The van der Waals surface area contributed by atoms with Crippen LogP contribution in [0.1, 0.15) is 52.9 Å². The minimum Gasteiger partial charge on any atom is -0.356 e. The zero-order valence-electron chi connectivity index (χ0n) is 22.8. The molecule has 226 valence electrons. The van der Waals surface area contributed by atoms with Gasteiger partial charge in [0, 0.05) is 25.3 Å². The maximum absolute atomic E-state index is 14.5. The van der Waals surface area contributed by atoms with E-state index >= 15 is 0 Å². The first-order valence-electron chi connectivity index (χ1n) is 13.1. The van der Waals surface area contributed by atoms with Gasteiger partial charge in [0.1, 0.15) is 12.1 Å². The predicted octanol–water partition coefficient (Wildman–Crippen LogP) is 1.57. The summed E-state index contributed by atoms with van der Waals surface area (Å²) in [4.78, 5) is 52.4. The Morgan fingerprint density at radius 3 is 2.30 bits per heavy atom. The second kappa shape index (κ2) is 11.6. The van der Waals surface area contributed by atoms with Crippen LogP contribution in [0.2, 0.25) is 0 Å². The smallest absolute Gasteiger partial charge is 0.356 e. The molecule has 3 fully saturated rings. The molecular formula is C25H36F4N4O6S. The van der Waals surface area contributed by atoms with Crippen LogP contribution in [0, 0.1) is 23.2 Å². The molecule has 10 nitrogen and oxygen atoms in total. The third-order valence-electron chi connectivity index (χ3n) is 7.80. The molecule has 15 heteroatoms. The van der Waals surface area contributed by atoms with E-state index < -0.39 is 68.4 Å². The Bertz CT molecular complexity index is 1170. The SMILES string of the molecule is CC(C)(C)[C@H](NC(=O)C(F)(F)F)C(=O)N1C[C@H]2CCC[C@H]2[C@H]1C(=O)N[C@H](/C=C(\F)S(C)(=O)=O)C[C@H]1CCNC1=O. The van der Waals surface area contributed by atoms with Gasteiger partial charge >= 0.3 is 12.1 Å². The summed E-state index contributed by atoms with van der Waals surface area (Å²) in [5.74, 6) is -5.25. The largest absolute Gasteiger partial charge is 0.471 e. The molecule has 0 unspecified atom stereocenters. The number of fused-ring (bicyclic) bond motifs is 1. The van der Waals surface area contributed by atoms with Crippen LogP contribution in [0.25, 0.3) is 0 Å². The van der Waals surface area contributed by atoms with Gasteiger partial charge in [0.25, 0.3) is 0 Å². The first kappa shape index (κ1) is 31.8. The van der Waals surface area contributed by atoms with Gasteiger partial charge in [0.05, 0.1) is 6.04 Å². The van der Waals surface area contributed by atoms with Crippen molar-refractivity contribution >= 4 is 33.5 Å². The monoisotopic (exact) mass is 596 g/mol. The Hall–Kier alpha value is -2.71. The van der Waals surface area contributed by atoms with E-state index in [-0.39, 0.29) is 30.7 Å². The van der Waals surface area contributed by atoms with E-state index in [2.05, 4.69) is 10.6 Å². The maximum Gasteiger partial charge on any atom is 0.471 e. The van der Waals surface area contributed by atoms with Crippen molar-refractivity contribution in [3.05, 3.63) is 11.2 Å². The second-order valence-corrected chi connectivity index (χ2v) is 13.9. The van der Waals surface area contributed by atoms with Crippen molar-refractivity contribution in [2.75, 3.05) is 19.3 Å². The van der Waals surface area contributed by atoms with E-state index in [4.69, 9.17) is 0 Å². The first-order valence-corrected chi connectivity index (χ1v) is 15.0. The van der Waals surface area contributed by atoms with Crippen molar-refractivity contribution in [3.63, 3.8) is 0 Å². The van der Waals surface area contributed by atoms with Gasteiger partial charge in [-0.15, -0.1) is 0 Å². The molecule has 4 amide bonds. The lowest BCUT2D eigenvalue weighted by Gasteiger charge is -2.36. The lowest BCUT2D eigenvalue weighted by Crippen LogP contribution is -2.60. The highest BCUT2D eigenvalue weighted by Crippen LogP contribution is 2.43. The normalized spacial score (nSPS) is 27.1. The minimum atomic E-state index is -5.22. The summed E-state index contributed by atoms with van der Waals surface area (Å²) in [5, 5.41) is 5.50. The number of hydrogen-bond acceptors (Lipinski definition) is 6. The van der Waals surface area contributed by atoms with Gasteiger partial charge in [-0.25, -0.2) is 8.42 Å². The number of likely N-dealkylation sites (tertiary alicyclic amines) is 1. The topological polar surface area (TPSA) is 142 Å². The van der Waals surface area contributed by atoms with Crippen molar-refractivity contribution in [2.24, 2.45) is 23.2 Å². The molecule has 2 aliphatic heterocycles. The number of hydrogen-bond donors (Lipinski definition) is 3. The lowest BCUT2D eigenvalue weighted by atomic mass is 9.85. The van der Waals surface area contributed by atoms with Crippen LogP contribution in [0.5, 0.6) is 0 Å². The zero-order valence-corrected chi connectivity index (χ0v) is 23.6. The number of sulfone groups is 1. The molecule has 0 radical (unpaired) electrons. The predicted molar refractivity (Wildman–Crippen MR) is 135 cm³/mol. The molecule has 1 saturated carbocycles. The number of carbonyl (C=O) groups excluding carboxylic acids is 4. The summed E-state index contributed by atoms with van der Waals surface area (Å²) < 4.78 is 77.1. The van der Waals surface area contributed by atoms with Gasteiger partial charge in [-0.1, -0.05) is 27.2 Å². The van der Waals surface area contributed by atoms with Crippen molar-refractivity contribution < 1.29 is 45.2 Å². The highest BCUT2D eigenvalue weighted by Gasteiger charge is 2.53. The van der Waals surface area contributed by atoms with Crippen LogP contribution in [0.15, 0.2) is 11.2 Å². The molecule has 0 aromatic heterocycles. The molecule has 0 aromatic carbocycles. The molecule has 40 heavy (non-hydrogen) atoms. The first-order chi connectivity index (χ1) is 18.3. The Morgan fingerprint density at radius 1 is 1.12 bits per heavy atom. The van der Waals surface area contributed by atoms with Gasteiger partial charge < -0.3 is 20.9 Å². The van der Waals surface area contributed by atoms with Gasteiger partial charge in [-0.3, -0.25) is 19.2 Å². The Morgan fingerprint density at radius 2 is 1.77 bits per heavy atom. The fraction of sp³-hybridized carbons (Fsp3) is 0.760. The van der Waals surface area contributed by atoms with Crippen molar-refractivity contribution in [1.29, 1.82) is 0 Å². The molecule has 1 aliphatic carbocycles. The molecular weight excluding hydrogens is 560 g/mol. The molecule has 0 bridgehead atoms. The lowest BCUT2D eigenvalue weighted by molar-refractivity contribution is -0.176. The van der Waals surface area contributed by atoms with E-state index in [1.807, 2.05) is 0 Å². The average Bonchev–Trinajstić information content (AvgIpc) is 3.50. The Kier molecular flexibility index (Phi) is 9.26. The number of carbonyl (C=O) groups is 4. The van der Waals surface area contributed by atoms with Gasteiger partial charge in [0.15, 0.2) is 0 Å². The van der Waals surface area contributed by atoms with E-state index in [1.54, 1.807) is 5.32 Å². The molecule has 3 N–H and O–H groups in total. The molecule has 2 heterocycles. The summed E-state index contributed by atoms with van der Waals surface area (Å²) in [6.45, 7) is 4.91. The van der Waals surface area contributed by atoms with Crippen molar-refractivity contribution in [1.82, 2.24) is 20.9 Å². The molecule has 3 rings (SSSR count). The van der Waals surface area contributed by atoms with Crippen molar-refractivity contribution in [3.8, 4) is 0 Å². The molecule has 2 saturated heterocycles. The number of halogens is 4. The molecule has 3 aliphatic rings. The fourth-order valence-corrected chi connectivity index (χ4v) is 6.20.